The van der Waals surface area contributed by atoms with Crippen LogP contribution in [0.1, 0.15) is 47.0 Å². The van der Waals surface area contributed by atoms with Gasteiger partial charge in [-0.25, -0.2) is 4.79 Å². The molecule has 116 valence electrons. The summed E-state index contributed by atoms with van der Waals surface area (Å²) in [4.78, 5) is 24.9. The number of nitrogens with two attached hydrogens (primary N) is 1. The topological polar surface area (TPSA) is 87.5 Å². The number of rotatable bonds is 4. The minimum absolute atomic E-state index is 0.0574. The molecule has 6 nitrogen and oxygen atoms in total. The van der Waals surface area contributed by atoms with Gasteiger partial charge in [-0.2, -0.15) is 0 Å². The number of hydrogen-bond acceptors (Lipinski definition) is 4. The van der Waals surface area contributed by atoms with Crippen LogP contribution in [0.2, 0.25) is 0 Å². The Kier molecular flexibility index (Phi) is 5.95. The highest BCUT2D eigenvalue weighted by atomic mass is 16.2. The van der Waals surface area contributed by atoms with Crippen LogP contribution in [0.3, 0.4) is 0 Å². The molecule has 1 aliphatic heterocycles. The van der Waals surface area contributed by atoms with Crippen LogP contribution in [0.5, 0.6) is 0 Å². The van der Waals surface area contributed by atoms with E-state index >= 15 is 0 Å². The van der Waals surface area contributed by atoms with Gasteiger partial charge in [-0.05, 0) is 47.1 Å². The summed E-state index contributed by atoms with van der Waals surface area (Å²) in [6.07, 6.45) is 3.33. The highest BCUT2D eigenvalue weighted by molar-refractivity contribution is 5.96. The second-order valence-corrected chi connectivity index (χ2v) is 6.55. The quantitative estimate of drug-likeness (QED) is 0.713. The van der Waals surface area contributed by atoms with Gasteiger partial charge in [0.1, 0.15) is 0 Å². The van der Waals surface area contributed by atoms with Crippen molar-refractivity contribution < 1.29 is 9.59 Å². The smallest absolute Gasteiger partial charge is 0.318 e. The third-order valence-electron chi connectivity index (χ3n) is 3.66. The summed E-state index contributed by atoms with van der Waals surface area (Å²) in [6, 6.07) is -0.811. The molecule has 0 aromatic rings. The first-order valence-corrected chi connectivity index (χ1v) is 7.32. The van der Waals surface area contributed by atoms with Gasteiger partial charge in [0.2, 0.25) is 5.91 Å². The second kappa shape index (κ2) is 7.04. The Morgan fingerprint density at radius 3 is 2.55 bits per heavy atom. The Bertz CT molecular complexity index is 352. The Balaban J connectivity index is 2.63. The van der Waals surface area contributed by atoms with Gasteiger partial charge in [-0.15, -0.1) is 0 Å². The van der Waals surface area contributed by atoms with Gasteiger partial charge in [0, 0.05) is 18.1 Å². The average Bonchev–Trinajstić information content (AvgIpc) is 2.34. The van der Waals surface area contributed by atoms with Gasteiger partial charge in [0.25, 0.3) is 0 Å². The third kappa shape index (κ3) is 5.46. The number of likely N-dealkylation sites (tertiary alicyclic amines) is 1. The Morgan fingerprint density at radius 1 is 1.35 bits per heavy atom. The van der Waals surface area contributed by atoms with Crippen molar-refractivity contribution >= 4 is 11.9 Å². The second-order valence-electron chi connectivity index (χ2n) is 6.55. The summed E-state index contributed by atoms with van der Waals surface area (Å²) in [5.74, 6) is -0.319. The van der Waals surface area contributed by atoms with E-state index < -0.39 is 6.03 Å². The number of nitrogens with zero attached hydrogens (tertiary/aromatic N) is 1. The van der Waals surface area contributed by atoms with Crippen molar-refractivity contribution in [1.29, 1.82) is 0 Å². The Labute approximate surface area is 121 Å². The van der Waals surface area contributed by atoms with E-state index in [4.69, 9.17) is 5.73 Å². The molecule has 4 N–H and O–H groups in total. The van der Waals surface area contributed by atoms with Crippen LogP contribution in [0, 0.1) is 0 Å². The molecule has 1 aliphatic rings. The lowest BCUT2D eigenvalue weighted by molar-refractivity contribution is -0.126. The number of hydrogen-bond donors (Lipinski definition) is 3. The molecule has 0 aliphatic carbocycles. The summed E-state index contributed by atoms with van der Waals surface area (Å²) in [6.45, 7) is 9.94. The number of imide groups is 1. The molecule has 0 aromatic carbocycles. The minimum Gasteiger partial charge on any atom is -0.351 e. The highest BCUT2D eigenvalue weighted by Gasteiger charge is 2.31. The summed E-state index contributed by atoms with van der Waals surface area (Å²) in [5, 5.41) is 5.66. The molecule has 3 amide bonds. The van der Waals surface area contributed by atoms with E-state index in [9.17, 15) is 9.59 Å². The molecule has 1 rings (SSSR count). The molecule has 1 fully saturated rings. The number of urea groups is 1. The van der Waals surface area contributed by atoms with Crippen molar-refractivity contribution in [2.75, 3.05) is 13.1 Å². The van der Waals surface area contributed by atoms with Crippen LogP contribution >= 0.6 is 0 Å². The van der Waals surface area contributed by atoms with Crippen LogP contribution in [0.15, 0.2) is 0 Å². The number of primary amides is 1. The van der Waals surface area contributed by atoms with Gasteiger partial charge in [-0.1, -0.05) is 6.42 Å². The maximum Gasteiger partial charge on any atom is 0.318 e. The zero-order chi connectivity index (χ0) is 15.3. The molecular formula is C14H28N4O2. The van der Waals surface area contributed by atoms with Crippen molar-refractivity contribution in [3.05, 3.63) is 0 Å². The van der Waals surface area contributed by atoms with E-state index in [0.717, 1.165) is 25.9 Å². The van der Waals surface area contributed by atoms with Crippen LogP contribution in [-0.2, 0) is 4.79 Å². The fraction of sp³-hybridized carbons (Fsp3) is 0.857. The Morgan fingerprint density at radius 2 is 2.00 bits per heavy atom. The lowest BCUT2D eigenvalue weighted by atomic mass is 9.98. The summed E-state index contributed by atoms with van der Waals surface area (Å²) >= 11 is 0. The molecule has 20 heavy (non-hydrogen) atoms. The summed E-state index contributed by atoms with van der Waals surface area (Å²) < 4.78 is 0. The van der Waals surface area contributed by atoms with E-state index in [1.807, 2.05) is 6.92 Å². The predicted molar refractivity (Wildman–Crippen MR) is 79.3 cm³/mol. The SMILES string of the molecule is CC(C(=O)NC(N)=O)N1CCCCC1CNC(C)(C)C. The maximum absolute atomic E-state index is 11.9. The molecule has 0 saturated carbocycles. The molecule has 0 radical (unpaired) electrons. The predicted octanol–water partition coefficient (Wildman–Crippen LogP) is 0.812. The molecule has 0 bridgehead atoms. The van der Waals surface area contributed by atoms with E-state index in [2.05, 4.69) is 36.3 Å². The lowest BCUT2D eigenvalue weighted by Crippen LogP contribution is -2.57. The number of carbonyl (C=O) groups excluding carboxylic acids is 2. The molecule has 1 heterocycles. The molecule has 2 atom stereocenters. The first-order chi connectivity index (χ1) is 9.20. The minimum atomic E-state index is -0.789. The molecule has 2 unspecified atom stereocenters. The van der Waals surface area contributed by atoms with Gasteiger partial charge in [-0.3, -0.25) is 15.0 Å². The maximum atomic E-state index is 11.9. The van der Waals surface area contributed by atoms with E-state index in [1.165, 1.54) is 6.42 Å². The third-order valence-corrected chi connectivity index (χ3v) is 3.66. The fourth-order valence-electron chi connectivity index (χ4n) is 2.55. The van der Waals surface area contributed by atoms with Crippen LogP contribution < -0.4 is 16.4 Å². The lowest BCUT2D eigenvalue weighted by Gasteiger charge is -2.40. The monoisotopic (exact) mass is 284 g/mol. The average molecular weight is 284 g/mol. The van der Waals surface area contributed by atoms with E-state index in [0.29, 0.717) is 6.04 Å². The van der Waals surface area contributed by atoms with Gasteiger partial charge in [0.15, 0.2) is 0 Å². The van der Waals surface area contributed by atoms with Crippen LogP contribution in [0.25, 0.3) is 0 Å². The van der Waals surface area contributed by atoms with Crippen molar-refractivity contribution in [2.24, 2.45) is 5.73 Å². The number of carbonyl (C=O) groups is 2. The molecular weight excluding hydrogens is 256 g/mol. The number of nitrogens with one attached hydrogen (secondary N) is 2. The molecule has 1 saturated heterocycles. The van der Waals surface area contributed by atoms with Crippen LogP contribution in [-0.4, -0.2) is 47.6 Å². The zero-order valence-corrected chi connectivity index (χ0v) is 13.0. The van der Waals surface area contributed by atoms with Crippen molar-refractivity contribution in [3.63, 3.8) is 0 Å². The standard InChI is InChI=1S/C14H28N4O2/c1-10(12(19)17-13(15)20)18-8-6-5-7-11(18)9-16-14(2,3)4/h10-11,16H,5-9H2,1-4H3,(H3,15,17,19,20). The first-order valence-electron chi connectivity index (χ1n) is 7.32. The highest BCUT2D eigenvalue weighted by Crippen LogP contribution is 2.20. The van der Waals surface area contributed by atoms with E-state index in [-0.39, 0.29) is 17.5 Å². The fourth-order valence-corrected chi connectivity index (χ4v) is 2.55. The number of piperidine rings is 1. The zero-order valence-electron chi connectivity index (χ0n) is 13.0. The van der Waals surface area contributed by atoms with Crippen molar-refractivity contribution in [3.8, 4) is 0 Å². The van der Waals surface area contributed by atoms with Gasteiger partial charge in [0.05, 0.1) is 6.04 Å². The van der Waals surface area contributed by atoms with E-state index in [1.54, 1.807) is 0 Å². The normalized spacial score (nSPS) is 22.3. The molecule has 6 heteroatoms. The van der Waals surface area contributed by atoms with Gasteiger partial charge < -0.3 is 11.1 Å². The largest absolute Gasteiger partial charge is 0.351 e. The van der Waals surface area contributed by atoms with Crippen molar-refractivity contribution in [1.82, 2.24) is 15.5 Å². The van der Waals surface area contributed by atoms with Crippen LogP contribution in [0.4, 0.5) is 4.79 Å². The molecule has 0 aromatic heterocycles. The number of amides is 3. The van der Waals surface area contributed by atoms with Gasteiger partial charge >= 0.3 is 6.03 Å². The summed E-state index contributed by atoms with van der Waals surface area (Å²) in [5.41, 5.74) is 5.07. The van der Waals surface area contributed by atoms with Crippen molar-refractivity contribution in [2.45, 2.75) is 64.6 Å². The summed E-state index contributed by atoms with van der Waals surface area (Å²) in [7, 11) is 0. The Hall–Kier alpha value is -1.14. The molecule has 0 spiro atoms. The first kappa shape index (κ1) is 16.9.